The number of likely N-dealkylation sites (tertiary alicyclic amines) is 1. The number of nitrogens with one attached hydrogen (secondary N) is 1. The highest BCUT2D eigenvalue weighted by Crippen LogP contribution is 2.13. The summed E-state index contributed by atoms with van der Waals surface area (Å²) in [6, 6.07) is -0.173. The number of aliphatic carboxylic acids is 1. The van der Waals surface area contributed by atoms with E-state index in [0.717, 1.165) is 25.9 Å². The first kappa shape index (κ1) is 14.7. The van der Waals surface area contributed by atoms with Gasteiger partial charge in [-0.15, -0.1) is 0 Å². The van der Waals surface area contributed by atoms with E-state index in [1.807, 2.05) is 7.05 Å². The fraction of sp³-hybridized carbons (Fsp3) is 0.818. The number of carbonyl (C=O) groups excluding carboxylic acids is 1. The van der Waals surface area contributed by atoms with Crippen molar-refractivity contribution < 1.29 is 19.8 Å². The van der Waals surface area contributed by atoms with Crippen molar-refractivity contribution in [2.24, 2.45) is 0 Å². The molecule has 1 heterocycles. The van der Waals surface area contributed by atoms with Gasteiger partial charge in [0.15, 0.2) is 6.10 Å². The molecule has 1 aliphatic rings. The molecule has 104 valence electrons. The van der Waals surface area contributed by atoms with E-state index in [1.54, 1.807) is 11.9 Å². The highest BCUT2D eigenvalue weighted by molar-refractivity contribution is 5.76. The lowest BCUT2D eigenvalue weighted by Gasteiger charge is -2.35. The number of aliphatic hydroxyl groups is 1. The molecule has 1 fully saturated rings. The Kier molecular flexibility index (Phi) is 5.36. The Morgan fingerprint density at radius 1 is 1.44 bits per heavy atom. The Morgan fingerprint density at radius 2 is 2.00 bits per heavy atom. The van der Waals surface area contributed by atoms with E-state index in [1.165, 1.54) is 0 Å². The normalized spacial score (nSPS) is 19.3. The molecule has 7 heteroatoms. The number of carboxylic acids is 1. The molecule has 1 saturated heterocycles. The Labute approximate surface area is 106 Å². The molecule has 0 aromatic heterocycles. The molecule has 7 nitrogen and oxygen atoms in total. The van der Waals surface area contributed by atoms with Crippen LogP contribution in [0, 0.1) is 0 Å². The summed E-state index contributed by atoms with van der Waals surface area (Å²) in [5.41, 5.74) is 0. The molecule has 0 saturated carbocycles. The van der Waals surface area contributed by atoms with E-state index in [-0.39, 0.29) is 18.6 Å². The Morgan fingerprint density at radius 3 is 2.50 bits per heavy atom. The minimum atomic E-state index is -1.56. The predicted molar refractivity (Wildman–Crippen MR) is 65.3 cm³/mol. The van der Waals surface area contributed by atoms with Gasteiger partial charge in [0.1, 0.15) is 0 Å². The maximum Gasteiger partial charge on any atom is 0.334 e. The van der Waals surface area contributed by atoms with Crippen LogP contribution in [0.4, 0.5) is 4.79 Å². The van der Waals surface area contributed by atoms with Gasteiger partial charge in [-0.25, -0.2) is 9.59 Å². The van der Waals surface area contributed by atoms with E-state index < -0.39 is 12.1 Å². The number of hydrogen-bond acceptors (Lipinski definition) is 4. The van der Waals surface area contributed by atoms with Crippen LogP contribution in [0.5, 0.6) is 0 Å². The predicted octanol–water partition coefficient (Wildman–Crippen LogP) is -0.832. The van der Waals surface area contributed by atoms with E-state index in [0.29, 0.717) is 0 Å². The summed E-state index contributed by atoms with van der Waals surface area (Å²) < 4.78 is 0. The van der Waals surface area contributed by atoms with Crippen LogP contribution in [0.15, 0.2) is 0 Å². The first-order valence-corrected chi connectivity index (χ1v) is 6.02. The molecule has 1 atom stereocenters. The van der Waals surface area contributed by atoms with Crippen LogP contribution in [0.1, 0.15) is 12.8 Å². The SMILES string of the molecule is CN1CCC(N(C)C(=O)NCC(O)C(=O)O)CC1. The van der Waals surface area contributed by atoms with Crippen LogP contribution in [0.2, 0.25) is 0 Å². The number of rotatable bonds is 4. The third-order valence-corrected chi connectivity index (χ3v) is 3.29. The summed E-state index contributed by atoms with van der Waals surface area (Å²) in [5, 5.41) is 20.0. The number of hydrogen-bond donors (Lipinski definition) is 3. The zero-order chi connectivity index (χ0) is 13.7. The first-order chi connectivity index (χ1) is 8.41. The molecular weight excluding hydrogens is 238 g/mol. The van der Waals surface area contributed by atoms with Gasteiger partial charge >= 0.3 is 12.0 Å². The first-order valence-electron chi connectivity index (χ1n) is 6.02. The molecular formula is C11H21N3O4. The van der Waals surface area contributed by atoms with Crippen LogP contribution >= 0.6 is 0 Å². The topological polar surface area (TPSA) is 93.1 Å². The summed E-state index contributed by atoms with van der Waals surface area (Å²) >= 11 is 0. The molecule has 0 bridgehead atoms. The fourth-order valence-electron chi connectivity index (χ4n) is 1.94. The molecule has 0 aliphatic carbocycles. The third kappa shape index (κ3) is 4.15. The minimum absolute atomic E-state index is 0.170. The van der Waals surface area contributed by atoms with Gasteiger partial charge in [0.2, 0.25) is 0 Å². The zero-order valence-electron chi connectivity index (χ0n) is 10.8. The van der Waals surface area contributed by atoms with Gasteiger partial charge in [0.25, 0.3) is 0 Å². The van der Waals surface area contributed by atoms with Crippen molar-refractivity contribution in [3.63, 3.8) is 0 Å². The number of carboxylic acid groups (broad SMARTS) is 1. The second-order valence-electron chi connectivity index (χ2n) is 4.69. The van der Waals surface area contributed by atoms with Crippen LogP contribution in [0.3, 0.4) is 0 Å². The van der Waals surface area contributed by atoms with Gasteiger partial charge in [-0.1, -0.05) is 0 Å². The lowest BCUT2D eigenvalue weighted by atomic mass is 10.0. The largest absolute Gasteiger partial charge is 0.479 e. The van der Waals surface area contributed by atoms with Crippen molar-refractivity contribution >= 4 is 12.0 Å². The van der Waals surface area contributed by atoms with Crippen molar-refractivity contribution in [2.75, 3.05) is 33.7 Å². The molecule has 1 aliphatic heterocycles. The van der Waals surface area contributed by atoms with Gasteiger partial charge in [-0.2, -0.15) is 0 Å². The Bertz CT molecular complexity index is 303. The Hall–Kier alpha value is -1.34. The molecule has 2 amide bonds. The summed E-state index contributed by atoms with van der Waals surface area (Å²) in [6.07, 6.45) is 0.254. The minimum Gasteiger partial charge on any atom is -0.479 e. The smallest absolute Gasteiger partial charge is 0.334 e. The van der Waals surface area contributed by atoms with E-state index in [9.17, 15) is 9.59 Å². The number of aliphatic hydroxyl groups excluding tert-OH is 1. The summed E-state index contributed by atoms with van der Waals surface area (Å²) in [7, 11) is 3.73. The fourth-order valence-corrected chi connectivity index (χ4v) is 1.94. The number of piperidine rings is 1. The van der Waals surface area contributed by atoms with Gasteiger partial charge < -0.3 is 25.3 Å². The van der Waals surface area contributed by atoms with Crippen molar-refractivity contribution in [2.45, 2.75) is 25.0 Å². The van der Waals surface area contributed by atoms with Crippen molar-refractivity contribution in [3.05, 3.63) is 0 Å². The summed E-state index contributed by atoms with van der Waals surface area (Å²) in [6.45, 7) is 1.62. The van der Waals surface area contributed by atoms with E-state index in [4.69, 9.17) is 10.2 Å². The quantitative estimate of drug-likeness (QED) is 0.612. The van der Waals surface area contributed by atoms with Gasteiger partial charge in [-0.3, -0.25) is 0 Å². The number of nitrogens with zero attached hydrogens (tertiary/aromatic N) is 2. The van der Waals surface area contributed by atoms with Crippen molar-refractivity contribution in [1.29, 1.82) is 0 Å². The lowest BCUT2D eigenvalue weighted by molar-refractivity contribution is -0.146. The molecule has 3 N–H and O–H groups in total. The van der Waals surface area contributed by atoms with Gasteiger partial charge in [0, 0.05) is 13.1 Å². The molecule has 18 heavy (non-hydrogen) atoms. The Balaban J connectivity index is 2.35. The zero-order valence-corrected chi connectivity index (χ0v) is 10.8. The number of urea groups is 1. The van der Waals surface area contributed by atoms with Crippen LogP contribution < -0.4 is 5.32 Å². The number of carbonyl (C=O) groups is 2. The van der Waals surface area contributed by atoms with Crippen molar-refractivity contribution in [1.82, 2.24) is 15.1 Å². The monoisotopic (exact) mass is 259 g/mol. The van der Waals surface area contributed by atoms with Gasteiger partial charge in [-0.05, 0) is 33.0 Å². The van der Waals surface area contributed by atoms with Crippen LogP contribution in [0.25, 0.3) is 0 Å². The van der Waals surface area contributed by atoms with E-state index >= 15 is 0 Å². The van der Waals surface area contributed by atoms with Gasteiger partial charge in [0.05, 0.1) is 6.54 Å². The average molecular weight is 259 g/mol. The molecule has 1 rings (SSSR count). The van der Waals surface area contributed by atoms with Crippen LogP contribution in [-0.4, -0.2) is 77.9 Å². The molecule has 0 aromatic carbocycles. The maximum absolute atomic E-state index is 11.7. The summed E-state index contributed by atoms with van der Waals surface area (Å²) in [5.74, 6) is -1.34. The highest BCUT2D eigenvalue weighted by atomic mass is 16.4. The third-order valence-electron chi connectivity index (χ3n) is 3.29. The number of amides is 2. The standard InChI is InChI=1S/C11H21N3O4/c1-13-5-3-8(4-6-13)14(2)11(18)12-7-9(15)10(16)17/h8-9,15H,3-7H2,1-2H3,(H,12,18)(H,16,17). The molecule has 1 unspecified atom stereocenters. The highest BCUT2D eigenvalue weighted by Gasteiger charge is 2.24. The van der Waals surface area contributed by atoms with E-state index in [2.05, 4.69) is 10.2 Å². The lowest BCUT2D eigenvalue weighted by Crippen LogP contribution is -2.49. The summed E-state index contributed by atoms with van der Waals surface area (Å²) in [4.78, 5) is 25.9. The second-order valence-corrected chi connectivity index (χ2v) is 4.69. The molecule has 0 spiro atoms. The average Bonchev–Trinajstić information content (AvgIpc) is 2.35. The molecule has 0 aromatic rings. The molecule has 0 radical (unpaired) electrons. The van der Waals surface area contributed by atoms with Crippen molar-refractivity contribution in [3.8, 4) is 0 Å². The second kappa shape index (κ2) is 6.55. The maximum atomic E-state index is 11.7. The van der Waals surface area contributed by atoms with Crippen LogP contribution in [-0.2, 0) is 4.79 Å².